The van der Waals surface area contributed by atoms with Gasteiger partial charge in [0.15, 0.2) is 0 Å². The van der Waals surface area contributed by atoms with Crippen molar-refractivity contribution in [1.29, 1.82) is 0 Å². The first-order valence-corrected chi connectivity index (χ1v) is 8.82. The summed E-state index contributed by atoms with van der Waals surface area (Å²) in [5.74, 6) is 0.0982. The summed E-state index contributed by atoms with van der Waals surface area (Å²) in [5, 5.41) is 2.83. The highest BCUT2D eigenvalue weighted by molar-refractivity contribution is 7.90. The molecule has 3 heterocycles. The van der Waals surface area contributed by atoms with Crippen molar-refractivity contribution in [2.75, 3.05) is 18.8 Å². The van der Waals surface area contributed by atoms with Crippen LogP contribution >= 0.6 is 0 Å². The first-order chi connectivity index (χ1) is 11.0. The third-order valence-corrected chi connectivity index (χ3v) is 4.64. The molecular formula is C15H16N4O3S. The van der Waals surface area contributed by atoms with E-state index < -0.39 is 10.0 Å². The molecule has 0 aromatic carbocycles. The van der Waals surface area contributed by atoms with E-state index in [4.69, 9.17) is 0 Å². The Balaban J connectivity index is 1.59. The van der Waals surface area contributed by atoms with Gasteiger partial charge in [-0.25, -0.2) is 8.42 Å². The zero-order chi connectivity index (χ0) is 16.3. The molecule has 0 radical (unpaired) electrons. The smallest absolute Gasteiger partial charge is 0.256 e. The van der Waals surface area contributed by atoms with Gasteiger partial charge in [0.2, 0.25) is 0 Å². The minimum absolute atomic E-state index is 0.0462. The number of hydrogen-bond acceptors (Lipinski definition) is 5. The van der Waals surface area contributed by atoms with Crippen molar-refractivity contribution in [2.24, 2.45) is 4.40 Å². The van der Waals surface area contributed by atoms with Crippen LogP contribution in [0, 0.1) is 0 Å². The van der Waals surface area contributed by atoms with Crippen molar-refractivity contribution in [2.45, 2.75) is 6.42 Å². The topological polar surface area (TPSA) is 91.7 Å². The number of carbonyl (C=O) groups excluding carboxylic acids is 1. The van der Waals surface area contributed by atoms with E-state index >= 15 is 0 Å². The van der Waals surface area contributed by atoms with Crippen LogP contribution in [0.25, 0.3) is 0 Å². The fourth-order valence-corrected chi connectivity index (χ4v) is 3.26. The van der Waals surface area contributed by atoms with Gasteiger partial charge in [-0.05, 0) is 24.3 Å². The van der Waals surface area contributed by atoms with Gasteiger partial charge in [-0.2, -0.15) is 0 Å². The number of aromatic nitrogens is 1. The van der Waals surface area contributed by atoms with Crippen LogP contribution in [-0.2, 0) is 21.2 Å². The Hall–Kier alpha value is -2.48. The van der Waals surface area contributed by atoms with Crippen LogP contribution < -0.4 is 5.32 Å². The SMILES string of the molecule is O=C(NCCc1ccccn1)C1=CN2CCS(=O)(=O)N=C2C=C1. The maximum atomic E-state index is 12.2. The standard InChI is InChI=1S/C15H16N4O3S/c20-15(17-8-6-13-3-1-2-7-16-13)12-4-5-14-18-23(21,22)10-9-19(14)11-12/h1-5,7,11H,6,8-10H2,(H,17,20). The molecule has 7 nitrogen and oxygen atoms in total. The summed E-state index contributed by atoms with van der Waals surface area (Å²) in [5.41, 5.74) is 1.39. The molecule has 0 atom stereocenters. The second-order valence-corrected chi connectivity index (χ2v) is 6.93. The van der Waals surface area contributed by atoms with Crippen molar-refractivity contribution in [3.05, 3.63) is 54.0 Å². The maximum absolute atomic E-state index is 12.2. The molecule has 0 bridgehead atoms. The molecule has 0 fully saturated rings. The zero-order valence-corrected chi connectivity index (χ0v) is 13.2. The second kappa shape index (κ2) is 6.33. The summed E-state index contributed by atoms with van der Waals surface area (Å²) >= 11 is 0. The van der Waals surface area contributed by atoms with Gasteiger partial charge >= 0.3 is 0 Å². The molecule has 3 rings (SSSR count). The molecule has 0 saturated heterocycles. The normalized spacial score (nSPS) is 18.7. The Kier molecular flexibility index (Phi) is 4.24. The summed E-state index contributed by atoms with van der Waals surface area (Å²) in [6.07, 6.45) is 7.12. The van der Waals surface area contributed by atoms with E-state index in [2.05, 4.69) is 14.7 Å². The average molecular weight is 332 g/mol. The summed E-state index contributed by atoms with van der Waals surface area (Å²) < 4.78 is 26.6. The molecule has 1 aromatic rings. The quantitative estimate of drug-likeness (QED) is 0.853. The van der Waals surface area contributed by atoms with E-state index in [1.807, 2.05) is 18.2 Å². The number of carbonyl (C=O) groups is 1. The van der Waals surface area contributed by atoms with Crippen LogP contribution in [0.1, 0.15) is 5.69 Å². The predicted octanol–water partition coefficient (Wildman–Crippen LogP) is 0.238. The van der Waals surface area contributed by atoms with Crippen LogP contribution in [0.3, 0.4) is 0 Å². The monoisotopic (exact) mass is 332 g/mol. The first kappa shape index (κ1) is 15.4. The lowest BCUT2D eigenvalue weighted by Gasteiger charge is -2.26. The van der Waals surface area contributed by atoms with E-state index in [0.29, 0.717) is 30.9 Å². The number of rotatable bonds is 4. The minimum atomic E-state index is -3.38. The molecule has 23 heavy (non-hydrogen) atoms. The second-order valence-electron chi connectivity index (χ2n) is 5.17. The van der Waals surface area contributed by atoms with Gasteiger partial charge in [0.1, 0.15) is 5.84 Å². The molecule has 2 aliphatic heterocycles. The predicted molar refractivity (Wildman–Crippen MR) is 86.1 cm³/mol. The van der Waals surface area contributed by atoms with Crippen molar-refractivity contribution < 1.29 is 13.2 Å². The van der Waals surface area contributed by atoms with E-state index in [0.717, 1.165) is 5.69 Å². The molecule has 0 saturated carbocycles. The highest BCUT2D eigenvalue weighted by Crippen LogP contribution is 2.15. The van der Waals surface area contributed by atoms with Crippen molar-refractivity contribution >= 4 is 21.8 Å². The number of nitrogens with zero attached hydrogens (tertiary/aromatic N) is 3. The fraction of sp³-hybridized carbons (Fsp3) is 0.267. The van der Waals surface area contributed by atoms with Crippen molar-refractivity contribution in [3.63, 3.8) is 0 Å². The van der Waals surface area contributed by atoms with Gasteiger partial charge < -0.3 is 10.2 Å². The molecule has 0 aliphatic carbocycles. The van der Waals surface area contributed by atoms with Gasteiger partial charge in [0, 0.05) is 37.6 Å². The first-order valence-electron chi connectivity index (χ1n) is 7.21. The van der Waals surface area contributed by atoms with Gasteiger partial charge in [0.05, 0.1) is 11.3 Å². The van der Waals surface area contributed by atoms with Gasteiger partial charge in [-0.15, -0.1) is 4.40 Å². The molecule has 120 valence electrons. The number of amidine groups is 1. The summed E-state index contributed by atoms with van der Waals surface area (Å²) in [7, 11) is -3.38. The van der Waals surface area contributed by atoms with Crippen molar-refractivity contribution in [3.8, 4) is 0 Å². The lowest BCUT2D eigenvalue weighted by molar-refractivity contribution is -0.117. The van der Waals surface area contributed by atoms with E-state index in [-0.39, 0.29) is 11.7 Å². The van der Waals surface area contributed by atoms with Gasteiger partial charge in [0.25, 0.3) is 15.9 Å². The molecular weight excluding hydrogens is 316 g/mol. The molecule has 1 aromatic heterocycles. The molecule has 2 aliphatic rings. The van der Waals surface area contributed by atoms with E-state index in [9.17, 15) is 13.2 Å². The molecule has 1 amide bonds. The van der Waals surface area contributed by atoms with Gasteiger partial charge in [-0.3, -0.25) is 9.78 Å². The third kappa shape index (κ3) is 3.84. The Morgan fingerprint density at radius 1 is 1.30 bits per heavy atom. The molecule has 8 heteroatoms. The average Bonchev–Trinajstić information content (AvgIpc) is 2.54. The molecule has 0 spiro atoms. The number of sulfonamides is 1. The van der Waals surface area contributed by atoms with E-state index in [1.54, 1.807) is 29.4 Å². The highest BCUT2D eigenvalue weighted by atomic mass is 32.2. The lowest BCUT2D eigenvalue weighted by Crippen LogP contribution is -2.38. The van der Waals surface area contributed by atoms with Gasteiger partial charge in [-0.1, -0.05) is 6.07 Å². The van der Waals surface area contributed by atoms with Crippen molar-refractivity contribution in [1.82, 2.24) is 15.2 Å². The number of pyridine rings is 1. The van der Waals surface area contributed by atoms with Crippen LogP contribution in [0.5, 0.6) is 0 Å². The van der Waals surface area contributed by atoms with Crippen LogP contribution in [0.2, 0.25) is 0 Å². The summed E-state index contributed by atoms with van der Waals surface area (Å²) in [6.45, 7) is 0.784. The molecule has 1 N–H and O–H groups in total. The zero-order valence-electron chi connectivity index (χ0n) is 12.3. The lowest BCUT2D eigenvalue weighted by atomic mass is 10.1. The minimum Gasteiger partial charge on any atom is -0.352 e. The number of hydrogen-bond donors (Lipinski definition) is 1. The largest absolute Gasteiger partial charge is 0.352 e. The summed E-state index contributed by atoms with van der Waals surface area (Å²) in [6, 6.07) is 5.66. The number of amides is 1. The fourth-order valence-electron chi connectivity index (χ4n) is 2.29. The molecule has 0 unspecified atom stereocenters. The number of nitrogens with one attached hydrogen (secondary N) is 1. The Morgan fingerprint density at radius 2 is 2.17 bits per heavy atom. The Morgan fingerprint density at radius 3 is 2.96 bits per heavy atom. The van der Waals surface area contributed by atoms with E-state index in [1.165, 1.54) is 0 Å². The summed E-state index contributed by atoms with van der Waals surface area (Å²) in [4.78, 5) is 18.0. The maximum Gasteiger partial charge on any atom is 0.256 e. The van der Waals surface area contributed by atoms with Crippen LogP contribution in [-0.4, -0.2) is 48.9 Å². The van der Waals surface area contributed by atoms with Crippen LogP contribution in [0.4, 0.5) is 0 Å². The highest BCUT2D eigenvalue weighted by Gasteiger charge is 2.24. The Labute approximate surface area is 134 Å². The van der Waals surface area contributed by atoms with Crippen LogP contribution in [0.15, 0.2) is 52.7 Å². The third-order valence-electron chi connectivity index (χ3n) is 3.48. The Bertz CT molecular complexity index is 797. The number of fused-ring (bicyclic) bond motifs is 1.